The smallest absolute Gasteiger partial charge is 0.238 e. The average Bonchev–Trinajstić information content (AvgIpc) is 3.12. The van der Waals surface area contributed by atoms with Crippen LogP contribution in [-0.4, -0.2) is 22.5 Å². The molecule has 27 heavy (non-hydrogen) atoms. The molecule has 2 N–H and O–H groups in total. The van der Waals surface area contributed by atoms with E-state index in [1.165, 1.54) is 0 Å². The Hall–Kier alpha value is -2.76. The maximum atomic E-state index is 12.6. The highest BCUT2D eigenvalue weighted by Crippen LogP contribution is 2.21. The number of aromatic hydroxyl groups is 1. The molecule has 0 radical (unpaired) electrons. The molecular formula is C21H21ClN2O3. The minimum absolute atomic E-state index is 0.150. The molecule has 1 aromatic heterocycles. The van der Waals surface area contributed by atoms with E-state index in [-0.39, 0.29) is 18.2 Å². The zero-order valence-electron chi connectivity index (χ0n) is 15.0. The standard InChI is InChI=1S/C21H21ClN2O3/c1-15-11-17(22)8-9-19(15)23-21(26)14-24(13-18-6-4-10-27-18)12-16-5-2-3-7-20(16)25/h2-11,25H,12-14H2,1H3,(H,23,26). The number of phenols is 1. The van der Waals surface area contributed by atoms with Crippen LogP contribution in [-0.2, 0) is 17.9 Å². The lowest BCUT2D eigenvalue weighted by molar-refractivity contribution is -0.117. The van der Waals surface area contributed by atoms with Gasteiger partial charge in [-0.15, -0.1) is 0 Å². The van der Waals surface area contributed by atoms with Crippen LogP contribution in [0.5, 0.6) is 5.75 Å². The van der Waals surface area contributed by atoms with Crippen molar-refractivity contribution >= 4 is 23.2 Å². The maximum absolute atomic E-state index is 12.6. The lowest BCUT2D eigenvalue weighted by Gasteiger charge is -2.21. The van der Waals surface area contributed by atoms with E-state index in [1.54, 1.807) is 36.6 Å². The molecule has 0 saturated heterocycles. The second-order valence-corrected chi connectivity index (χ2v) is 6.80. The number of benzene rings is 2. The molecule has 3 rings (SSSR count). The number of nitrogens with zero attached hydrogens (tertiary/aromatic N) is 1. The van der Waals surface area contributed by atoms with Gasteiger partial charge in [-0.05, 0) is 48.9 Å². The number of hydrogen-bond donors (Lipinski definition) is 2. The predicted octanol–water partition coefficient (Wildman–Crippen LogP) is 4.59. The second-order valence-electron chi connectivity index (χ2n) is 6.36. The van der Waals surface area contributed by atoms with Gasteiger partial charge in [0, 0.05) is 22.8 Å². The zero-order chi connectivity index (χ0) is 19.2. The fourth-order valence-corrected chi connectivity index (χ4v) is 3.06. The highest BCUT2D eigenvalue weighted by atomic mass is 35.5. The summed E-state index contributed by atoms with van der Waals surface area (Å²) in [6, 6.07) is 16.1. The number of amides is 1. The summed E-state index contributed by atoms with van der Waals surface area (Å²) in [5.74, 6) is 0.805. The number of hydrogen-bond acceptors (Lipinski definition) is 4. The largest absolute Gasteiger partial charge is 0.508 e. The predicted molar refractivity (Wildman–Crippen MR) is 106 cm³/mol. The normalized spacial score (nSPS) is 10.9. The first-order chi connectivity index (χ1) is 13.0. The van der Waals surface area contributed by atoms with Crippen molar-refractivity contribution in [2.45, 2.75) is 20.0 Å². The molecule has 0 spiro atoms. The Morgan fingerprint density at radius 1 is 1.15 bits per heavy atom. The molecule has 0 aliphatic carbocycles. The van der Waals surface area contributed by atoms with Crippen LogP contribution in [0.3, 0.4) is 0 Å². The van der Waals surface area contributed by atoms with Crippen molar-refractivity contribution in [2.75, 3.05) is 11.9 Å². The van der Waals surface area contributed by atoms with Gasteiger partial charge in [-0.2, -0.15) is 0 Å². The monoisotopic (exact) mass is 384 g/mol. The summed E-state index contributed by atoms with van der Waals surface area (Å²) in [5.41, 5.74) is 2.37. The summed E-state index contributed by atoms with van der Waals surface area (Å²) in [7, 11) is 0. The molecule has 140 valence electrons. The third-order valence-electron chi connectivity index (χ3n) is 4.17. The van der Waals surface area contributed by atoms with Crippen LogP contribution in [0.25, 0.3) is 0 Å². The number of nitrogens with one attached hydrogen (secondary N) is 1. The Morgan fingerprint density at radius 2 is 1.96 bits per heavy atom. The Bertz CT molecular complexity index is 910. The molecular weight excluding hydrogens is 364 g/mol. The molecule has 0 saturated carbocycles. The van der Waals surface area contributed by atoms with Gasteiger partial charge in [-0.25, -0.2) is 0 Å². The van der Waals surface area contributed by atoms with E-state index in [0.29, 0.717) is 18.1 Å². The van der Waals surface area contributed by atoms with Crippen molar-refractivity contribution in [1.29, 1.82) is 0 Å². The molecule has 6 heteroatoms. The highest BCUT2D eigenvalue weighted by Gasteiger charge is 2.16. The van der Waals surface area contributed by atoms with Crippen LogP contribution in [0.15, 0.2) is 65.3 Å². The number of rotatable bonds is 7. The number of anilines is 1. The molecule has 3 aromatic rings. The van der Waals surface area contributed by atoms with Crippen molar-refractivity contribution in [3.8, 4) is 5.75 Å². The first-order valence-electron chi connectivity index (χ1n) is 8.59. The third-order valence-corrected chi connectivity index (χ3v) is 4.41. The molecule has 2 aromatic carbocycles. The quantitative estimate of drug-likeness (QED) is 0.625. The van der Waals surface area contributed by atoms with E-state index in [0.717, 1.165) is 22.6 Å². The number of halogens is 1. The van der Waals surface area contributed by atoms with E-state index in [4.69, 9.17) is 16.0 Å². The van der Waals surface area contributed by atoms with E-state index < -0.39 is 0 Å². The molecule has 0 fully saturated rings. The van der Waals surface area contributed by atoms with Crippen LogP contribution >= 0.6 is 11.6 Å². The summed E-state index contributed by atoms with van der Waals surface area (Å²) in [6.07, 6.45) is 1.60. The second kappa shape index (κ2) is 8.75. The summed E-state index contributed by atoms with van der Waals surface area (Å²) < 4.78 is 5.41. The lowest BCUT2D eigenvalue weighted by Crippen LogP contribution is -2.32. The molecule has 0 bridgehead atoms. The first-order valence-corrected chi connectivity index (χ1v) is 8.96. The summed E-state index contributed by atoms with van der Waals surface area (Å²) in [6.45, 7) is 2.91. The Kier molecular flexibility index (Phi) is 6.16. The summed E-state index contributed by atoms with van der Waals surface area (Å²) in [4.78, 5) is 14.5. The van der Waals surface area contributed by atoms with Crippen LogP contribution in [0.1, 0.15) is 16.9 Å². The van der Waals surface area contributed by atoms with Gasteiger partial charge in [-0.1, -0.05) is 29.8 Å². The molecule has 0 aliphatic heterocycles. The minimum atomic E-state index is -0.151. The number of para-hydroxylation sites is 1. The maximum Gasteiger partial charge on any atom is 0.238 e. The van der Waals surface area contributed by atoms with E-state index in [2.05, 4.69) is 5.32 Å². The van der Waals surface area contributed by atoms with Crippen molar-refractivity contribution in [3.63, 3.8) is 0 Å². The minimum Gasteiger partial charge on any atom is -0.508 e. The first kappa shape index (κ1) is 19.0. The van der Waals surface area contributed by atoms with Crippen molar-refractivity contribution in [3.05, 3.63) is 82.8 Å². The van der Waals surface area contributed by atoms with Crippen LogP contribution < -0.4 is 5.32 Å². The average molecular weight is 385 g/mol. The van der Waals surface area contributed by atoms with Crippen LogP contribution in [0, 0.1) is 6.92 Å². The van der Waals surface area contributed by atoms with Gasteiger partial charge >= 0.3 is 0 Å². The number of phenolic OH excluding ortho intramolecular Hbond substituents is 1. The van der Waals surface area contributed by atoms with Gasteiger partial charge in [0.05, 0.1) is 19.4 Å². The molecule has 0 atom stereocenters. The van der Waals surface area contributed by atoms with Gasteiger partial charge in [0.1, 0.15) is 11.5 Å². The topological polar surface area (TPSA) is 65.7 Å². The number of carbonyl (C=O) groups excluding carboxylic acids is 1. The molecule has 0 aliphatic rings. The number of furan rings is 1. The van der Waals surface area contributed by atoms with Gasteiger partial charge in [-0.3, -0.25) is 9.69 Å². The molecule has 0 unspecified atom stereocenters. The number of aryl methyl sites for hydroxylation is 1. The van der Waals surface area contributed by atoms with E-state index in [9.17, 15) is 9.90 Å². The summed E-state index contributed by atoms with van der Waals surface area (Å²) in [5, 5.41) is 13.6. The van der Waals surface area contributed by atoms with E-state index >= 15 is 0 Å². The van der Waals surface area contributed by atoms with Gasteiger partial charge < -0.3 is 14.8 Å². The molecule has 5 nitrogen and oxygen atoms in total. The van der Waals surface area contributed by atoms with Crippen LogP contribution in [0.4, 0.5) is 5.69 Å². The van der Waals surface area contributed by atoms with Crippen molar-refractivity contribution in [1.82, 2.24) is 4.90 Å². The Morgan fingerprint density at radius 3 is 2.67 bits per heavy atom. The van der Waals surface area contributed by atoms with Gasteiger partial charge in [0.15, 0.2) is 0 Å². The Balaban J connectivity index is 1.71. The highest BCUT2D eigenvalue weighted by molar-refractivity contribution is 6.30. The van der Waals surface area contributed by atoms with Gasteiger partial charge in [0.2, 0.25) is 5.91 Å². The third kappa shape index (κ3) is 5.36. The van der Waals surface area contributed by atoms with Gasteiger partial charge in [0.25, 0.3) is 0 Å². The molecule has 1 amide bonds. The Labute approximate surface area is 163 Å². The van der Waals surface area contributed by atoms with Crippen molar-refractivity contribution < 1.29 is 14.3 Å². The lowest BCUT2D eigenvalue weighted by atomic mass is 10.2. The zero-order valence-corrected chi connectivity index (χ0v) is 15.7. The van der Waals surface area contributed by atoms with E-state index in [1.807, 2.05) is 36.1 Å². The van der Waals surface area contributed by atoms with Crippen molar-refractivity contribution in [2.24, 2.45) is 0 Å². The molecule has 1 heterocycles. The number of carbonyl (C=O) groups is 1. The fourth-order valence-electron chi connectivity index (χ4n) is 2.84. The summed E-state index contributed by atoms with van der Waals surface area (Å²) >= 11 is 5.97. The SMILES string of the molecule is Cc1cc(Cl)ccc1NC(=O)CN(Cc1ccco1)Cc1ccccc1O. The van der Waals surface area contributed by atoms with Crippen LogP contribution in [0.2, 0.25) is 5.02 Å². The fraction of sp³-hybridized carbons (Fsp3) is 0.190.